The van der Waals surface area contributed by atoms with E-state index in [-0.39, 0.29) is 21.4 Å². The summed E-state index contributed by atoms with van der Waals surface area (Å²) >= 11 is 1.10. The first-order chi connectivity index (χ1) is 13.8. The van der Waals surface area contributed by atoms with Crippen LogP contribution in [-0.4, -0.2) is 33.9 Å². The molecule has 0 aliphatic heterocycles. The number of carbonyl (C=O) groups excluding carboxylic acids is 1. The van der Waals surface area contributed by atoms with Crippen molar-refractivity contribution in [1.82, 2.24) is 19.6 Å². The van der Waals surface area contributed by atoms with Crippen molar-refractivity contribution in [2.75, 3.05) is 10.0 Å². The van der Waals surface area contributed by atoms with E-state index in [4.69, 9.17) is 0 Å². The van der Waals surface area contributed by atoms with Gasteiger partial charge < -0.3 is 5.32 Å². The van der Waals surface area contributed by atoms with Crippen LogP contribution in [0.5, 0.6) is 0 Å². The van der Waals surface area contributed by atoms with Gasteiger partial charge in [-0.1, -0.05) is 18.2 Å². The molecule has 0 unspecified atom stereocenters. The van der Waals surface area contributed by atoms with Gasteiger partial charge in [-0.25, -0.2) is 17.9 Å². The highest BCUT2D eigenvalue weighted by Gasteiger charge is 2.20. The molecule has 0 radical (unpaired) electrons. The van der Waals surface area contributed by atoms with E-state index in [1.54, 1.807) is 35.7 Å². The Morgan fingerprint density at radius 1 is 1.07 bits per heavy atom. The van der Waals surface area contributed by atoms with Gasteiger partial charge in [0.25, 0.3) is 21.7 Å². The molecule has 29 heavy (non-hydrogen) atoms. The Morgan fingerprint density at radius 2 is 1.83 bits per heavy atom. The quantitative estimate of drug-likeness (QED) is 0.505. The number of hydrogen-bond acceptors (Lipinski definition) is 7. The molecule has 9 nitrogen and oxygen atoms in total. The predicted molar refractivity (Wildman–Crippen MR) is 110 cm³/mol. The number of para-hydroxylation sites is 2. The third-order valence-electron chi connectivity index (χ3n) is 4.00. The van der Waals surface area contributed by atoms with Crippen LogP contribution in [-0.2, 0) is 10.0 Å². The molecule has 0 atom stereocenters. The van der Waals surface area contributed by atoms with Crippen LogP contribution in [0.1, 0.15) is 22.0 Å². The smallest absolute Gasteiger partial charge is 0.295 e. The molecule has 0 saturated heterocycles. The van der Waals surface area contributed by atoms with Crippen LogP contribution < -0.4 is 10.0 Å². The Bertz CT molecular complexity index is 1310. The standard InChI is InChI=1S/C18H16N6O3S2/c1-11-10-12(2)24-18(19-11)21-16(22-24)17(25)20-13-6-3-4-7-14(13)23-29(26,27)15-8-5-9-28-15/h3-10,23H,1-2H3,(H,20,25). The monoisotopic (exact) mass is 428 g/mol. The fraction of sp³-hybridized carbons (Fsp3) is 0.111. The minimum Gasteiger partial charge on any atom is -0.317 e. The summed E-state index contributed by atoms with van der Waals surface area (Å²) in [5.74, 6) is -0.322. The zero-order valence-corrected chi connectivity index (χ0v) is 17.1. The van der Waals surface area contributed by atoms with E-state index in [0.29, 0.717) is 5.78 Å². The number of sulfonamides is 1. The first-order valence-electron chi connectivity index (χ1n) is 8.51. The van der Waals surface area contributed by atoms with Gasteiger partial charge in [0.1, 0.15) is 4.21 Å². The highest BCUT2D eigenvalue weighted by molar-refractivity contribution is 7.94. The molecule has 4 aromatic rings. The van der Waals surface area contributed by atoms with Crippen LogP contribution in [0.2, 0.25) is 0 Å². The van der Waals surface area contributed by atoms with Crippen LogP contribution in [0.15, 0.2) is 52.1 Å². The summed E-state index contributed by atoms with van der Waals surface area (Å²) in [5.41, 5.74) is 2.09. The van der Waals surface area contributed by atoms with Crippen LogP contribution in [0, 0.1) is 13.8 Å². The Balaban J connectivity index is 1.62. The fourth-order valence-corrected chi connectivity index (χ4v) is 4.81. The molecule has 11 heteroatoms. The number of nitrogens with one attached hydrogen (secondary N) is 2. The Hall–Kier alpha value is -3.31. The van der Waals surface area contributed by atoms with Gasteiger partial charge in [-0.3, -0.25) is 9.52 Å². The van der Waals surface area contributed by atoms with E-state index < -0.39 is 15.9 Å². The number of anilines is 2. The van der Waals surface area contributed by atoms with Crippen molar-refractivity contribution in [3.63, 3.8) is 0 Å². The molecule has 0 saturated carbocycles. The lowest BCUT2D eigenvalue weighted by atomic mass is 10.2. The minimum atomic E-state index is -3.75. The minimum absolute atomic E-state index is 0.0675. The first kappa shape index (κ1) is 19.0. The molecule has 0 aliphatic rings. The lowest BCUT2D eigenvalue weighted by Crippen LogP contribution is -2.17. The lowest BCUT2D eigenvalue weighted by molar-refractivity contribution is 0.101. The largest absolute Gasteiger partial charge is 0.317 e. The predicted octanol–water partition coefficient (Wildman–Crippen LogP) is 2.86. The average molecular weight is 428 g/mol. The average Bonchev–Trinajstić information content (AvgIpc) is 3.33. The second-order valence-corrected chi connectivity index (χ2v) is 9.08. The number of aryl methyl sites for hydroxylation is 2. The van der Waals surface area contributed by atoms with Gasteiger partial charge in [0, 0.05) is 11.4 Å². The molecule has 4 rings (SSSR count). The third kappa shape index (κ3) is 3.82. The van der Waals surface area contributed by atoms with Crippen molar-refractivity contribution in [1.29, 1.82) is 0 Å². The van der Waals surface area contributed by atoms with Gasteiger partial charge in [0.15, 0.2) is 0 Å². The zero-order chi connectivity index (χ0) is 20.6. The van der Waals surface area contributed by atoms with Crippen molar-refractivity contribution in [3.05, 3.63) is 65.1 Å². The molecule has 1 aromatic carbocycles. The molecule has 1 amide bonds. The van der Waals surface area contributed by atoms with Gasteiger partial charge >= 0.3 is 0 Å². The summed E-state index contributed by atoms with van der Waals surface area (Å²) in [6.45, 7) is 3.67. The highest BCUT2D eigenvalue weighted by Crippen LogP contribution is 2.26. The molecule has 148 valence electrons. The SMILES string of the molecule is Cc1cc(C)n2nc(C(=O)Nc3ccccc3NS(=O)(=O)c3cccs3)nc2n1. The van der Waals surface area contributed by atoms with Gasteiger partial charge in [0.05, 0.1) is 11.4 Å². The molecule has 0 aliphatic carbocycles. The zero-order valence-electron chi connectivity index (χ0n) is 15.4. The highest BCUT2D eigenvalue weighted by atomic mass is 32.2. The Kier molecular flexibility index (Phi) is 4.76. The van der Waals surface area contributed by atoms with Gasteiger partial charge in [-0.15, -0.1) is 16.4 Å². The van der Waals surface area contributed by atoms with Crippen molar-refractivity contribution < 1.29 is 13.2 Å². The molecule has 0 fully saturated rings. The molecular formula is C18H16N6O3S2. The topological polar surface area (TPSA) is 118 Å². The van der Waals surface area contributed by atoms with Gasteiger partial charge in [0.2, 0.25) is 5.82 Å². The lowest BCUT2D eigenvalue weighted by Gasteiger charge is -2.12. The Morgan fingerprint density at radius 3 is 2.55 bits per heavy atom. The van der Waals surface area contributed by atoms with Crippen molar-refractivity contribution in [3.8, 4) is 0 Å². The number of fused-ring (bicyclic) bond motifs is 1. The molecule has 3 aromatic heterocycles. The summed E-state index contributed by atoms with van der Waals surface area (Å²) in [6.07, 6.45) is 0. The van der Waals surface area contributed by atoms with Crippen LogP contribution in [0.4, 0.5) is 11.4 Å². The third-order valence-corrected chi connectivity index (χ3v) is 6.76. The summed E-state index contributed by atoms with van der Waals surface area (Å²) in [6, 6.07) is 11.5. The summed E-state index contributed by atoms with van der Waals surface area (Å²) in [4.78, 5) is 21.1. The number of nitrogens with zero attached hydrogens (tertiary/aromatic N) is 4. The van der Waals surface area contributed by atoms with E-state index >= 15 is 0 Å². The van der Waals surface area contributed by atoms with Crippen LogP contribution in [0.25, 0.3) is 5.78 Å². The van der Waals surface area contributed by atoms with E-state index in [1.165, 1.54) is 10.6 Å². The van der Waals surface area contributed by atoms with Crippen LogP contribution >= 0.6 is 11.3 Å². The summed E-state index contributed by atoms with van der Waals surface area (Å²) in [7, 11) is -3.75. The molecule has 0 bridgehead atoms. The maximum Gasteiger partial charge on any atom is 0.295 e. The van der Waals surface area contributed by atoms with E-state index in [9.17, 15) is 13.2 Å². The number of benzene rings is 1. The van der Waals surface area contributed by atoms with Crippen molar-refractivity contribution in [2.24, 2.45) is 0 Å². The van der Waals surface area contributed by atoms with E-state index in [1.807, 2.05) is 19.9 Å². The number of thiophene rings is 1. The number of hydrogen-bond donors (Lipinski definition) is 2. The fourth-order valence-electron chi connectivity index (χ4n) is 2.73. The normalized spacial score (nSPS) is 11.5. The number of aromatic nitrogens is 4. The van der Waals surface area contributed by atoms with E-state index in [0.717, 1.165) is 22.7 Å². The van der Waals surface area contributed by atoms with Crippen LogP contribution in [0.3, 0.4) is 0 Å². The second-order valence-electron chi connectivity index (χ2n) is 6.22. The maximum absolute atomic E-state index is 12.7. The molecular weight excluding hydrogens is 412 g/mol. The first-order valence-corrected chi connectivity index (χ1v) is 10.9. The van der Waals surface area contributed by atoms with E-state index in [2.05, 4.69) is 25.1 Å². The van der Waals surface area contributed by atoms with Crippen molar-refractivity contribution in [2.45, 2.75) is 18.1 Å². The summed E-state index contributed by atoms with van der Waals surface area (Å²) < 4.78 is 29.2. The molecule has 0 spiro atoms. The van der Waals surface area contributed by atoms with Crippen molar-refractivity contribution >= 4 is 44.4 Å². The van der Waals surface area contributed by atoms with Gasteiger partial charge in [-0.05, 0) is 43.5 Å². The molecule has 3 heterocycles. The molecule has 2 N–H and O–H groups in total. The number of rotatable bonds is 5. The maximum atomic E-state index is 12.7. The summed E-state index contributed by atoms with van der Waals surface area (Å²) in [5, 5.41) is 8.53. The second kappa shape index (κ2) is 7.26. The number of carbonyl (C=O) groups is 1. The van der Waals surface area contributed by atoms with Gasteiger partial charge in [-0.2, -0.15) is 4.98 Å². The Labute approximate surface area is 170 Å². The number of amides is 1.